The molecule has 0 spiro atoms. The Labute approximate surface area is 106 Å². The van der Waals surface area contributed by atoms with Gasteiger partial charge in [-0.1, -0.05) is 20.8 Å². The van der Waals surface area contributed by atoms with Gasteiger partial charge in [-0.15, -0.1) is 0 Å². The van der Waals surface area contributed by atoms with Gasteiger partial charge in [0.05, 0.1) is 12.0 Å². The number of ether oxygens (including phenoxy) is 1. The largest absolute Gasteiger partial charge is 0.476 e. The zero-order valence-electron chi connectivity index (χ0n) is 11.2. The predicted octanol–water partition coefficient (Wildman–Crippen LogP) is 2.24. The van der Waals surface area contributed by atoms with Gasteiger partial charge in [-0.05, 0) is 12.3 Å². The van der Waals surface area contributed by atoms with Gasteiger partial charge in [-0.3, -0.25) is 10.1 Å². The van der Waals surface area contributed by atoms with Gasteiger partial charge in [0.1, 0.15) is 6.33 Å². The lowest BCUT2D eigenvalue weighted by Crippen LogP contribution is -2.31. The van der Waals surface area contributed by atoms with E-state index in [0.717, 1.165) is 0 Å². The van der Waals surface area contributed by atoms with Crippen LogP contribution in [0.25, 0.3) is 0 Å². The van der Waals surface area contributed by atoms with Crippen LogP contribution in [0, 0.1) is 15.5 Å². The molecule has 1 rings (SSSR count). The van der Waals surface area contributed by atoms with Crippen LogP contribution in [-0.4, -0.2) is 28.0 Å². The fourth-order valence-corrected chi connectivity index (χ4v) is 1.20. The smallest absolute Gasteiger partial charge is 0.372 e. The molecule has 0 aliphatic carbocycles. The number of methoxy groups -OCH3 is 1. The summed E-state index contributed by atoms with van der Waals surface area (Å²) < 4.78 is 4.88. The molecule has 18 heavy (non-hydrogen) atoms. The molecule has 7 nitrogen and oxygen atoms in total. The molecule has 0 aliphatic rings. The molecule has 0 bridgehead atoms. The average molecular weight is 254 g/mol. The SMILES string of the molecule is COc1ncnc(NC(C)C(C)(C)C)c1[N+](=O)[O-]. The molecule has 1 aromatic rings. The quantitative estimate of drug-likeness (QED) is 0.654. The zero-order valence-corrected chi connectivity index (χ0v) is 11.2. The van der Waals surface area contributed by atoms with Gasteiger partial charge in [0.15, 0.2) is 0 Å². The number of aromatic nitrogens is 2. The standard InChI is InChI=1S/C11H18N4O3/c1-7(11(2,3)4)14-9-8(15(16)17)10(18-5)13-6-12-9/h6-7H,1-5H3,(H,12,13,14). The summed E-state index contributed by atoms with van der Waals surface area (Å²) in [6.07, 6.45) is 1.24. The minimum Gasteiger partial charge on any atom is -0.476 e. The molecule has 1 atom stereocenters. The monoisotopic (exact) mass is 254 g/mol. The molecule has 0 aliphatic heterocycles. The summed E-state index contributed by atoms with van der Waals surface area (Å²) in [5.41, 5.74) is -0.289. The summed E-state index contributed by atoms with van der Waals surface area (Å²) in [4.78, 5) is 18.1. The van der Waals surface area contributed by atoms with E-state index in [1.807, 2.05) is 27.7 Å². The van der Waals surface area contributed by atoms with Gasteiger partial charge >= 0.3 is 5.69 Å². The maximum Gasteiger partial charge on any atom is 0.372 e. The maximum atomic E-state index is 11.0. The summed E-state index contributed by atoms with van der Waals surface area (Å²) in [7, 11) is 1.34. The Morgan fingerprint density at radius 1 is 1.44 bits per heavy atom. The molecule has 1 aromatic heterocycles. The van der Waals surface area contributed by atoms with E-state index in [1.165, 1.54) is 13.4 Å². The Bertz CT molecular complexity index is 442. The first-order chi connectivity index (χ1) is 8.27. The van der Waals surface area contributed by atoms with E-state index in [4.69, 9.17) is 4.74 Å². The van der Waals surface area contributed by atoms with Gasteiger partial charge in [-0.2, -0.15) is 4.98 Å². The molecule has 1 unspecified atom stereocenters. The summed E-state index contributed by atoms with van der Waals surface area (Å²) in [5.74, 6) is 0.132. The third-order valence-electron chi connectivity index (χ3n) is 2.82. The zero-order chi connectivity index (χ0) is 13.9. The molecule has 0 fully saturated rings. The second kappa shape index (κ2) is 5.16. The lowest BCUT2D eigenvalue weighted by Gasteiger charge is -2.28. The molecule has 1 heterocycles. The molecule has 0 radical (unpaired) electrons. The Morgan fingerprint density at radius 2 is 2.06 bits per heavy atom. The van der Waals surface area contributed by atoms with Crippen LogP contribution in [-0.2, 0) is 0 Å². The summed E-state index contributed by atoms with van der Waals surface area (Å²) >= 11 is 0. The Kier molecular flexibility index (Phi) is 4.05. The van der Waals surface area contributed by atoms with Crippen LogP contribution in [0.5, 0.6) is 5.88 Å². The van der Waals surface area contributed by atoms with Crippen molar-refractivity contribution in [2.75, 3.05) is 12.4 Å². The van der Waals surface area contributed by atoms with Crippen molar-refractivity contribution < 1.29 is 9.66 Å². The van der Waals surface area contributed by atoms with Gasteiger partial charge in [0.2, 0.25) is 5.82 Å². The van der Waals surface area contributed by atoms with Gasteiger partial charge in [-0.25, -0.2) is 4.98 Å². The van der Waals surface area contributed by atoms with Crippen molar-refractivity contribution in [3.05, 3.63) is 16.4 Å². The highest BCUT2D eigenvalue weighted by Gasteiger charge is 2.28. The van der Waals surface area contributed by atoms with Crippen LogP contribution in [0.3, 0.4) is 0 Å². The van der Waals surface area contributed by atoms with Gasteiger partial charge < -0.3 is 10.1 Å². The van der Waals surface area contributed by atoms with Crippen LogP contribution in [0.1, 0.15) is 27.7 Å². The minimum absolute atomic E-state index is 0.0100. The number of nitro groups is 1. The van der Waals surface area contributed by atoms with Crippen LogP contribution < -0.4 is 10.1 Å². The second-order valence-corrected chi connectivity index (χ2v) is 5.07. The van der Waals surface area contributed by atoms with Crippen molar-refractivity contribution in [3.63, 3.8) is 0 Å². The van der Waals surface area contributed by atoms with E-state index in [2.05, 4.69) is 15.3 Å². The van der Waals surface area contributed by atoms with Crippen molar-refractivity contribution in [1.29, 1.82) is 0 Å². The van der Waals surface area contributed by atoms with Crippen molar-refractivity contribution in [2.24, 2.45) is 5.41 Å². The van der Waals surface area contributed by atoms with Crippen molar-refractivity contribution in [1.82, 2.24) is 9.97 Å². The molecule has 100 valence electrons. The van der Waals surface area contributed by atoms with Gasteiger partial charge in [0.25, 0.3) is 5.88 Å². The van der Waals surface area contributed by atoms with E-state index >= 15 is 0 Å². The fraction of sp³-hybridized carbons (Fsp3) is 0.636. The maximum absolute atomic E-state index is 11.0. The first-order valence-electron chi connectivity index (χ1n) is 5.57. The van der Waals surface area contributed by atoms with E-state index < -0.39 is 4.92 Å². The third kappa shape index (κ3) is 3.06. The number of nitrogens with zero attached hydrogens (tertiary/aromatic N) is 3. The highest BCUT2D eigenvalue weighted by Crippen LogP contribution is 2.32. The highest BCUT2D eigenvalue weighted by atomic mass is 16.6. The van der Waals surface area contributed by atoms with Crippen molar-refractivity contribution in [2.45, 2.75) is 33.7 Å². The normalized spacial score (nSPS) is 12.9. The Morgan fingerprint density at radius 3 is 2.50 bits per heavy atom. The highest BCUT2D eigenvalue weighted by molar-refractivity contribution is 5.61. The van der Waals surface area contributed by atoms with Crippen LogP contribution in [0.15, 0.2) is 6.33 Å². The Hall–Kier alpha value is -1.92. The lowest BCUT2D eigenvalue weighted by atomic mass is 9.88. The molecule has 0 saturated carbocycles. The van der Waals surface area contributed by atoms with E-state index in [0.29, 0.717) is 0 Å². The summed E-state index contributed by atoms with van der Waals surface area (Å²) in [6, 6.07) is 0.0100. The Balaban J connectivity index is 3.13. The number of nitrogens with one attached hydrogen (secondary N) is 1. The molecule has 1 N–H and O–H groups in total. The minimum atomic E-state index is -0.545. The molecule has 0 saturated heterocycles. The first kappa shape index (κ1) is 14.1. The van der Waals surface area contributed by atoms with Crippen LogP contribution in [0.4, 0.5) is 11.5 Å². The third-order valence-corrected chi connectivity index (χ3v) is 2.82. The molecular formula is C11H18N4O3. The number of hydrogen-bond donors (Lipinski definition) is 1. The average Bonchev–Trinajstić information content (AvgIpc) is 2.26. The number of rotatable bonds is 4. The molecular weight excluding hydrogens is 236 g/mol. The fourth-order valence-electron chi connectivity index (χ4n) is 1.20. The van der Waals surface area contributed by atoms with Crippen LogP contribution >= 0.6 is 0 Å². The predicted molar refractivity (Wildman–Crippen MR) is 67.8 cm³/mol. The lowest BCUT2D eigenvalue weighted by molar-refractivity contribution is -0.385. The second-order valence-electron chi connectivity index (χ2n) is 5.07. The molecule has 0 aromatic carbocycles. The van der Waals surface area contributed by atoms with E-state index in [9.17, 15) is 10.1 Å². The number of hydrogen-bond acceptors (Lipinski definition) is 6. The first-order valence-corrected chi connectivity index (χ1v) is 5.57. The van der Waals surface area contributed by atoms with E-state index in [-0.39, 0.29) is 28.8 Å². The van der Waals surface area contributed by atoms with Crippen molar-refractivity contribution in [3.8, 4) is 5.88 Å². The topological polar surface area (TPSA) is 90.2 Å². The van der Waals surface area contributed by atoms with Crippen LogP contribution in [0.2, 0.25) is 0 Å². The molecule has 0 amide bonds. The molecule has 7 heteroatoms. The van der Waals surface area contributed by atoms with Gasteiger partial charge in [0, 0.05) is 6.04 Å². The van der Waals surface area contributed by atoms with Crippen molar-refractivity contribution >= 4 is 11.5 Å². The summed E-state index contributed by atoms with van der Waals surface area (Å²) in [5, 5.41) is 14.1. The summed E-state index contributed by atoms with van der Waals surface area (Å²) in [6.45, 7) is 8.05. The van der Waals surface area contributed by atoms with E-state index in [1.54, 1.807) is 0 Å². The number of anilines is 1.